The number of hydrogen-bond donors (Lipinski definition) is 0. The van der Waals surface area contributed by atoms with Crippen molar-refractivity contribution < 1.29 is 19.0 Å². The smallest absolute Gasteiger partial charge is 0.338 e. The SMILES string of the molecule is COC(=O)C1=C(C)N=c2s/c(=C\c3cc(Br)cc(Br)c3OC)c(=O)n2[C@@H]1c1cc(Cl)ccc1OC. The zero-order chi connectivity index (χ0) is 25.4. The van der Waals surface area contributed by atoms with Gasteiger partial charge in [0.2, 0.25) is 0 Å². The predicted molar refractivity (Wildman–Crippen MR) is 142 cm³/mol. The van der Waals surface area contributed by atoms with Gasteiger partial charge in [-0.1, -0.05) is 38.9 Å². The van der Waals surface area contributed by atoms with Gasteiger partial charge in [-0.25, -0.2) is 9.79 Å². The lowest BCUT2D eigenvalue weighted by Gasteiger charge is -2.25. The number of benzene rings is 2. The van der Waals surface area contributed by atoms with Crippen LogP contribution in [0.15, 0.2) is 60.3 Å². The number of halogens is 3. The van der Waals surface area contributed by atoms with Crippen molar-refractivity contribution >= 4 is 66.8 Å². The van der Waals surface area contributed by atoms with E-state index < -0.39 is 12.0 Å². The number of methoxy groups -OCH3 is 3. The van der Waals surface area contributed by atoms with Gasteiger partial charge in [-0.05, 0) is 59.3 Å². The number of carbonyl (C=O) groups is 1. The monoisotopic (exact) mass is 640 g/mol. The van der Waals surface area contributed by atoms with E-state index in [4.69, 9.17) is 25.8 Å². The van der Waals surface area contributed by atoms with Crippen LogP contribution in [0.1, 0.15) is 24.1 Å². The molecule has 1 aromatic heterocycles. The third-order valence-electron chi connectivity index (χ3n) is 5.44. The van der Waals surface area contributed by atoms with Crippen molar-refractivity contribution in [2.24, 2.45) is 4.99 Å². The highest BCUT2D eigenvalue weighted by atomic mass is 79.9. The molecule has 1 atom stereocenters. The minimum atomic E-state index is -0.842. The Labute approximate surface area is 226 Å². The maximum atomic E-state index is 13.8. The summed E-state index contributed by atoms with van der Waals surface area (Å²) < 4.78 is 19.6. The van der Waals surface area contributed by atoms with E-state index >= 15 is 0 Å². The van der Waals surface area contributed by atoms with Crippen molar-refractivity contribution in [1.29, 1.82) is 0 Å². The van der Waals surface area contributed by atoms with E-state index in [1.54, 1.807) is 38.3 Å². The van der Waals surface area contributed by atoms with Gasteiger partial charge in [-0.3, -0.25) is 9.36 Å². The number of carbonyl (C=O) groups excluding carboxylic acids is 1. The molecule has 0 amide bonds. The highest BCUT2D eigenvalue weighted by molar-refractivity contribution is 9.11. The summed E-state index contributed by atoms with van der Waals surface area (Å²) in [4.78, 5) is 31.7. The van der Waals surface area contributed by atoms with Crippen LogP contribution >= 0.6 is 54.8 Å². The zero-order valence-corrected chi connectivity index (χ0v) is 23.8. The molecule has 0 fully saturated rings. The molecular weight excluding hydrogens is 624 g/mol. The van der Waals surface area contributed by atoms with Gasteiger partial charge in [0.05, 0.1) is 41.6 Å². The molecule has 3 aromatic rings. The Bertz CT molecular complexity index is 1560. The first-order valence-electron chi connectivity index (χ1n) is 10.2. The van der Waals surface area contributed by atoms with Gasteiger partial charge in [0.15, 0.2) is 4.80 Å². The highest BCUT2D eigenvalue weighted by Crippen LogP contribution is 2.37. The molecule has 0 bridgehead atoms. The molecule has 0 unspecified atom stereocenters. The van der Waals surface area contributed by atoms with Crippen LogP contribution in [0.25, 0.3) is 6.08 Å². The fraction of sp³-hybridized carbons (Fsp3) is 0.208. The molecule has 2 heterocycles. The Morgan fingerprint density at radius 2 is 1.91 bits per heavy atom. The van der Waals surface area contributed by atoms with E-state index in [-0.39, 0.29) is 11.1 Å². The van der Waals surface area contributed by atoms with Gasteiger partial charge in [0.1, 0.15) is 17.5 Å². The molecule has 11 heteroatoms. The first-order chi connectivity index (χ1) is 16.7. The number of allylic oxidation sites excluding steroid dienone is 1. The van der Waals surface area contributed by atoms with E-state index in [1.165, 1.54) is 30.1 Å². The van der Waals surface area contributed by atoms with E-state index in [9.17, 15) is 9.59 Å². The van der Waals surface area contributed by atoms with Crippen LogP contribution in [0, 0.1) is 0 Å². The first-order valence-corrected chi connectivity index (χ1v) is 13.0. The van der Waals surface area contributed by atoms with E-state index in [0.717, 1.165) is 8.95 Å². The van der Waals surface area contributed by atoms with Gasteiger partial charge < -0.3 is 14.2 Å². The highest BCUT2D eigenvalue weighted by Gasteiger charge is 2.35. The third kappa shape index (κ3) is 4.72. The maximum absolute atomic E-state index is 13.8. The van der Waals surface area contributed by atoms with Crippen LogP contribution in [-0.2, 0) is 9.53 Å². The number of nitrogens with zero attached hydrogens (tertiary/aromatic N) is 2. The van der Waals surface area contributed by atoms with Crippen LogP contribution in [0.4, 0.5) is 0 Å². The minimum absolute atomic E-state index is 0.231. The van der Waals surface area contributed by atoms with Crippen LogP contribution in [0.2, 0.25) is 5.02 Å². The molecule has 0 radical (unpaired) electrons. The Morgan fingerprint density at radius 3 is 2.57 bits per heavy atom. The van der Waals surface area contributed by atoms with E-state index in [1.807, 2.05) is 12.1 Å². The molecule has 2 aromatic carbocycles. The first kappa shape index (κ1) is 25.7. The summed E-state index contributed by atoms with van der Waals surface area (Å²) in [6.45, 7) is 1.71. The quantitative estimate of drug-likeness (QED) is 0.381. The van der Waals surface area contributed by atoms with Crippen LogP contribution < -0.4 is 24.4 Å². The summed E-state index contributed by atoms with van der Waals surface area (Å²) in [7, 11) is 4.37. The van der Waals surface area contributed by atoms with Crippen LogP contribution in [0.3, 0.4) is 0 Å². The molecule has 1 aliphatic rings. The van der Waals surface area contributed by atoms with Crippen molar-refractivity contribution in [2.45, 2.75) is 13.0 Å². The van der Waals surface area contributed by atoms with Crippen molar-refractivity contribution in [3.63, 3.8) is 0 Å². The molecule has 0 N–H and O–H groups in total. The zero-order valence-electron chi connectivity index (χ0n) is 19.0. The summed E-state index contributed by atoms with van der Waals surface area (Å²) in [5.41, 5.74) is 1.59. The standard InChI is InChI=1S/C24H19Br2ClN2O5S/c1-11-19(23(31)34-4)20(15-10-14(27)5-6-17(15)32-2)29-22(30)18(35-24(29)28-11)8-12-7-13(25)9-16(26)21(12)33-3/h5-10,20H,1-4H3/b18-8-/t20-/m1/s1. The molecule has 0 saturated carbocycles. The minimum Gasteiger partial charge on any atom is -0.496 e. The fourth-order valence-corrected chi connectivity index (χ4v) is 6.59. The summed E-state index contributed by atoms with van der Waals surface area (Å²) >= 11 is 14.5. The lowest BCUT2D eigenvalue weighted by molar-refractivity contribution is -0.136. The maximum Gasteiger partial charge on any atom is 0.338 e. The molecule has 35 heavy (non-hydrogen) atoms. The molecule has 1 aliphatic heterocycles. The molecule has 0 saturated heterocycles. The third-order valence-corrected chi connectivity index (χ3v) is 7.71. The molecular formula is C24H19Br2ClN2O5S. The van der Waals surface area contributed by atoms with Gasteiger partial charge in [-0.2, -0.15) is 0 Å². The second-order valence-electron chi connectivity index (χ2n) is 7.47. The number of rotatable bonds is 5. The van der Waals surface area contributed by atoms with Crippen LogP contribution in [0.5, 0.6) is 11.5 Å². The molecule has 0 spiro atoms. The fourth-order valence-electron chi connectivity index (χ4n) is 3.95. The Balaban J connectivity index is 2.05. The summed E-state index contributed by atoms with van der Waals surface area (Å²) in [6, 6.07) is 7.92. The van der Waals surface area contributed by atoms with Crippen molar-refractivity contribution in [3.05, 3.63) is 86.4 Å². The van der Waals surface area contributed by atoms with Gasteiger partial charge >= 0.3 is 5.97 Å². The Hall–Kier alpha value is -2.40. The molecule has 0 aliphatic carbocycles. The second kappa shape index (κ2) is 10.3. The number of fused-ring (bicyclic) bond motifs is 1. The average Bonchev–Trinajstić information content (AvgIpc) is 3.11. The number of thiazole rings is 1. The largest absolute Gasteiger partial charge is 0.496 e. The lowest BCUT2D eigenvalue weighted by Crippen LogP contribution is -2.40. The summed E-state index contributed by atoms with van der Waals surface area (Å²) in [6.07, 6.45) is 1.74. The van der Waals surface area contributed by atoms with Crippen molar-refractivity contribution in [3.8, 4) is 11.5 Å². The van der Waals surface area contributed by atoms with Crippen LogP contribution in [-0.4, -0.2) is 31.9 Å². The Morgan fingerprint density at radius 1 is 1.17 bits per heavy atom. The van der Waals surface area contributed by atoms with Crippen molar-refractivity contribution in [1.82, 2.24) is 4.57 Å². The topological polar surface area (TPSA) is 79.1 Å². The number of aromatic nitrogens is 1. The van der Waals surface area contributed by atoms with E-state index in [0.29, 0.717) is 42.7 Å². The molecule has 7 nitrogen and oxygen atoms in total. The summed E-state index contributed by atoms with van der Waals surface area (Å²) in [5.74, 6) is 0.464. The number of hydrogen-bond acceptors (Lipinski definition) is 7. The summed E-state index contributed by atoms with van der Waals surface area (Å²) in [5, 5.41) is 0.436. The van der Waals surface area contributed by atoms with Crippen molar-refractivity contribution in [2.75, 3.05) is 21.3 Å². The lowest BCUT2D eigenvalue weighted by atomic mass is 9.95. The molecule has 4 rings (SSSR count). The second-order valence-corrected chi connectivity index (χ2v) is 10.7. The average molecular weight is 643 g/mol. The molecule has 182 valence electrons. The van der Waals surface area contributed by atoms with Gasteiger partial charge in [0, 0.05) is 20.6 Å². The number of ether oxygens (including phenoxy) is 3. The predicted octanol–water partition coefficient (Wildman–Crippen LogP) is 4.60. The van der Waals surface area contributed by atoms with Gasteiger partial charge in [-0.15, -0.1) is 0 Å². The normalized spacial score (nSPS) is 15.5. The number of esters is 1. The van der Waals surface area contributed by atoms with E-state index in [2.05, 4.69) is 36.9 Å². The Kier molecular flexibility index (Phi) is 7.56. The van der Waals surface area contributed by atoms with Gasteiger partial charge in [0.25, 0.3) is 5.56 Å².